The lowest BCUT2D eigenvalue weighted by molar-refractivity contribution is 0.415. The number of aliphatic imine (C=N–C) groups is 1. The smallest absolute Gasteiger partial charge is 0.194 e. The van der Waals surface area contributed by atoms with E-state index in [1.807, 2.05) is 13.0 Å². The zero-order valence-corrected chi connectivity index (χ0v) is 18.1. The normalized spacial score (nSPS) is 17.1. The highest BCUT2D eigenvalue weighted by atomic mass is 32.1. The van der Waals surface area contributed by atoms with E-state index < -0.39 is 0 Å². The molecule has 1 aliphatic rings. The molecule has 1 atom stereocenters. The van der Waals surface area contributed by atoms with E-state index in [0.717, 1.165) is 61.6 Å². The molecule has 0 saturated carbocycles. The van der Waals surface area contributed by atoms with Gasteiger partial charge < -0.3 is 19.9 Å². The Labute approximate surface area is 172 Å². The molecule has 3 rings (SSSR count). The number of nitrogens with zero attached hydrogens (tertiary/aromatic N) is 4. The van der Waals surface area contributed by atoms with Gasteiger partial charge in [0.2, 0.25) is 0 Å². The predicted molar refractivity (Wildman–Crippen MR) is 118 cm³/mol. The molecule has 6 nitrogen and oxygen atoms in total. The van der Waals surface area contributed by atoms with Gasteiger partial charge in [0, 0.05) is 50.4 Å². The first-order chi connectivity index (χ1) is 13.6. The first-order valence-electron chi connectivity index (χ1n) is 9.88. The standard InChI is InChI=1S/C21H31N5OS/c1-5-22-21(25(3)14-18-15-28-16(2)24-18)23-12-17-9-10-26(13-17)19-7-6-8-20(11-19)27-4/h6-8,11,15,17H,5,9-10,12-14H2,1-4H3,(H,22,23). The molecule has 2 heterocycles. The van der Waals surface area contributed by atoms with E-state index in [0.29, 0.717) is 5.92 Å². The van der Waals surface area contributed by atoms with Crippen molar-refractivity contribution < 1.29 is 4.74 Å². The molecule has 28 heavy (non-hydrogen) atoms. The SMILES string of the molecule is CCNC(=NCC1CCN(c2cccc(OC)c2)C1)N(C)Cc1csc(C)n1. The zero-order valence-electron chi connectivity index (χ0n) is 17.3. The lowest BCUT2D eigenvalue weighted by Gasteiger charge is -2.22. The first kappa shape index (κ1) is 20.5. The first-order valence-corrected chi connectivity index (χ1v) is 10.8. The quantitative estimate of drug-likeness (QED) is 0.569. The maximum atomic E-state index is 5.36. The molecule has 0 spiro atoms. The van der Waals surface area contributed by atoms with Crippen molar-refractivity contribution in [3.8, 4) is 5.75 Å². The van der Waals surface area contributed by atoms with Crippen molar-refractivity contribution in [3.05, 3.63) is 40.3 Å². The van der Waals surface area contributed by atoms with Crippen LogP contribution in [0.25, 0.3) is 0 Å². The maximum absolute atomic E-state index is 5.36. The van der Waals surface area contributed by atoms with E-state index in [2.05, 4.69) is 57.7 Å². The van der Waals surface area contributed by atoms with Gasteiger partial charge in [-0.3, -0.25) is 4.99 Å². The van der Waals surface area contributed by atoms with Crippen molar-refractivity contribution >= 4 is 23.0 Å². The Morgan fingerprint density at radius 1 is 1.46 bits per heavy atom. The summed E-state index contributed by atoms with van der Waals surface area (Å²) in [5, 5.41) is 6.64. The van der Waals surface area contributed by atoms with Gasteiger partial charge in [0.1, 0.15) is 5.75 Å². The number of aromatic nitrogens is 1. The monoisotopic (exact) mass is 401 g/mol. The Morgan fingerprint density at radius 2 is 2.32 bits per heavy atom. The van der Waals surface area contributed by atoms with Crippen LogP contribution in [0.15, 0.2) is 34.6 Å². The fourth-order valence-corrected chi connectivity index (χ4v) is 4.11. The van der Waals surface area contributed by atoms with Crippen LogP contribution in [-0.4, -0.2) is 56.2 Å². The summed E-state index contributed by atoms with van der Waals surface area (Å²) in [6.07, 6.45) is 1.16. The van der Waals surface area contributed by atoms with Gasteiger partial charge in [0.25, 0.3) is 0 Å². The molecule has 1 saturated heterocycles. The van der Waals surface area contributed by atoms with Crippen LogP contribution in [0.1, 0.15) is 24.0 Å². The molecule has 1 aromatic heterocycles. The molecule has 0 aliphatic carbocycles. The van der Waals surface area contributed by atoms with Crippen LogP contribution in [0.5, 0.6) is 5.75 Å². The minimum Gasteiger partial charge on any atom is -0.497 e. The van der Waals surface area contributed by atoms with Gasteiger partial charge >= 0.3 is 0 Å². The number of nitrogens with one attached hydrogen (secondary N) is 1. The highest BCUT2D eigenvalue weighted by Gasteiger charge is 2.23. The fourth-order valence-electron chi connectivity index (χ4n) is 3.51. The van der Waals surface area contributed by atoms with Crippen molar-refractivity contribution in [2.75, 3.05) is 45.2 Å². The molecule has 1 unspecified atom stereocenters. The van der Waals surface area contributed by atoms with Crippen molar-refractivity contribution in [2.45, 2.75) is 26.8 Å². The van der Waals surface area contributed by atoms with Crippen molar-refractivity contribution in [3.63, 3.8) is 0 Å². The minimum absolute atomic E-state index is 0.565. The number of ether oxygens (including phenoxy) is 1. The zero-order chi connectivity index (χ0) is 19.9. The van der Waals surface area contributed by atoms with E-state index in [1.54, 1.807) is 18.4 Å². The summed E-state index contributed by atoms with van der Waals surface area (Å²) in [6.45, 7) is 8.72. The fraction of sp³-hybridized carbons (Fsp3) is 0.524. The molecule has 1 fully saturated rings. The van der Waals surface area contributed by atoms with Crippen LogP contribution >= 0.6 is 11.3 Å². The summed E-state index contributed by atoms with van der Waals surface area (Å²) in [6, 6.07) is 8.31. The lowest BCUT2D eigenvalue weighted by Crippen LogP contribution is -2.39. The lowest BCUT2D eigenvalue weighted by atomic mass is 10.1. The number of thiazole rings is 1. The minimum atomic E-state index is 0.565. The molecule has 1 N–H and O–H groups in total. The largest absolute Gasteiger partial charge is 0.497 e. The van der Waals surface area contributed by atoms with Gasteiger partial charge in [-0.25, -0.2) is 4.98 Å². The molecule has 1 aromatic carbocycles. The van der Waals surface area contributed by atoms with Crippen LogP contribution in [0.2, 0.25) is 0 Å². The average Bonchev–Trinajstić information content (AvgIpc) is 3.34. The second-order valence-corrected chi connectivity index (χ2v) is 8.27. The molecule has 0 amide bonds. The van der Waals surface area contributed by atoms with E-state index >= 15 is 0 Å². The van der Waals surface area contributed by atoms with E-state index in [9.17, 15) is 0 Å². The van der Waals surface area contributed by atoms with Crippen LogP contribution in [0.3, 0.4) is 0 Å². The third-order valence-electron chi connectivity index (χ3n) is 4.97. The summed E-state index contributed by atoms with van der Waals surface area (Å²) in [4.78, 5) is 14.1. The second-order valence-electron chi connectivity index (χ2n) is 7.21. The van der Waals surface area contributed by atoms with Gasteiger partial charge in [-0.15, -0.1) is 11.3 Å². The highest BCUT2D eigenvalue weighted by Crippen LogP contribution is 2.27. The van der Waals surface area contributed by atoms with Gasteiger partial charge in [-0.1, -0.05) is 6.07 Å². The Hall–Kier alpha value is -2.28. The number of anilines is 1. The Balaban J connectivity index is 1.58. The van der Waals surface area contributed by atoms with Gasteiger partial charge in [0.05, 0.1) is 24.4 Å². The average molecular weight is 402 g/mol. The van der Waals surface area contributed by atoms with Crippen LogP contribution in [0, 0.1) is 12.8 Å². The summed E-state index contributed by atoms with van der Waals surface area (Å²) in [7, 11) is 3.79. The number of aryl methyl sites for hydroxylation is 1. The molecule has 152 valence electrons. The third-order valence-corrected chi connectivity index (χ3v) is 5.79. The Morgan fingerprint density at radius 3 is 3.04 bits per heavy atom. The summed E-state index contributed by atoms with van der Waals surface area (Å²) < 4.78 is 5.36. The molecular formula is C21H31N5OS. The molecule has 0 bridgehead atoms. The van der Waals surface area contributed by atoms with Crippen LogP contribution in [-0.2, 0) is 6.54 Å². The van der Waals surface area contributed by atoms with Gasteiger partial charge in [-0.2, -0.15) is 0 Å². The molecule has 7 heteroatoms. The second kappa shape index (κ2) is 9.78. The van der Waals surface area contributed by atoms with E-state index in [4.69, 9.17) is 9.73 Å². The molecular weight excluding hydrogens is 370 g/mol. The number of benzene rings is 1. The van der Waals surface area contributed by atoms with Crippen molar-refractivity contribution in [2.24, 2.45) is 10.9 Å². The number of hydrogen-bond donors (Lipinski definition) is 1. The Kier molecular flexibility index (Phi) is 7.14. The topological polar surface area (TPSA) is 53.0 Å². The summed E-state index contributed by atoms with van der Waals surface area (Å²) in [5.74, 6) is 2.43. The van der Waals surface area contributed by atoms with E-state index in [-0.39, 0.29) is 0 Å². The van der Waals surface area contributed by atoms with Crippen LogP contribution in [0.4, 0.5) is 5.69 Å². The Bertz CT molecular complexity index is 791. The summed E-state index contributed by atoms with van der Waals surface area (Å²) in [5.41, 5.74) is 2.33. The highest BCUT2D eigenvalue weighted by molar-refractivity contribution is 7.09. The van der Waals surface area contributed by atoms with Crippen molar-refractivity contribution in [1.82, 2.24) is 15.2 Å². The number of guanidine groups is 1. The van der Waals surface area contributed by atoms with E-state index in [1.165, 1.54) is 5.69 Å². The predicted octanol–water partition coefficient (Wildman–Crippen LogP) is 3.38. The third kappa shape index (κ3) is 5.38. The molecule has 1 aliphatic heterocycles. The summed E-state index contributed by atoms with van der Waals surface area (Å²) >= 11 is 1.69. The van der Waals surface area contributed by atoms with Crippen molar-refractivity contribution in [1.29, 1.82) is 0 Å². The number of rotatable bonds is 7. The molecule has 0 radical (unpaired) electrons. The molecule has 2 aromatic rings. The van der Waals surface area contributed by atoms with Crippen LogP contribution < -0.4 is 15.0 Å². The maximum Gasteiger partial charge on any atom is 0.194 e. The van der Waals surface area contributed by atoms with Gasteiger partial charge in [0.15, 0.2) is 5.96 Å². The van der Waals surface area contributed by atoms with Gasteiger partial charge in [-0.05, 0) is 38.3 Å². The number of methoxy groups -OCH3 is 1. The number of hydrogen-bond acceptors (Lipinski definition) is 5.